The molecule has 1 fully saturated rings. The monoisotopic (exact) mass is 466 g/mol. The molecule has 0 unspecified atom stereocenters. The summed E-state index contributed by atoms with van der Waals surface area (Å²) in [6.07, 6.45) is 4.82. The Bertz CT molecular complexity index is 1140. The molecular formula is C21H24F2N4O4S. The van der Waals surface area contributed by atoms with Crippen LogP contribution in [0.15, 0.2) is 24.4 Å². The maximum Gasteiger partial charge on any atom is 0.414 e. The molecule has 0 radical (unpaired) electrons. The van der Waals surface area contributed by atoms with Crippen LogP contribution >= 0.6 is 0 Å². The number of aryl methyl sites for hydroxylation is 1. The maximum absolute atomic E-state index is 14.8. The largest absolute Gasteiger partial charge is 0.442 e. The third-order valence-electron chi connectivity index (χ3n) is 5.56. The normalized spacial score (nSPS) is 20.3. The molecule has 1 atom stereocenters. The number of hydrogen-bond acceptors (Lipinski definition) is 6. The number of aromatic nitrogens is 3. The summed E-state index contributed by atoms with van der Waals surface area (Å²) in [4.78, 5) is 13.5. The van der Waals surface area contributed by atoms with Gasteiger partial charge < -0.3 is 4.74 Å². The van der Waals surface area contributed by atoms with E-state index in [2.05, 4.69) is 17.2 Å². The second kappa shape index (κ2) is 8.97. The second-order valence-electron chi connectivity index (χ2n) is 8.03. The number of sulfone groups is 1. The van der Waals surface area contributed by atoms with Crippen molar-refractivity contribution in [1.29, 1.82) is 0 Å². The van der Waals surface area contributed by atoms with Crippen molar-refractivity contribution in [3.05, 3.63) is 47.3 Å². The van der Waals surface area contributed by atoms with E-state index in [4.69, 9.17) is 4.74 Å². The molecule has 0 spiro atoms. The minimum atomic E-state index is -3.22. The smallest absolute Gasteiger partial charge is 0.414 e. The lowest BCUT2D eigenvalue weighted by Crippen LogP contribution is -2.26. The van der Waals surface area contributed by atoms with Gasteiger partial charge in [-0.15, -0.1) is 5.10 Å². The molecule has 172 valence electrons. The summed E-state index contributed by atoms with van der Waals surface area (Å²) >= 11 is 0. The van der Waals surface area contributed by atoms with Crippen LogP contribution in [0.5, 0.6) is 0 Å². The third-order valence-corrected chi connectivity index (χ3v) is 7.06. The fourth-order valence-corrected chi connectivity index (χ4v) is 5.02. The minimum absolute atomic E-state index is 0.0432. The van der Waals surface area contributed by atoms with Crippen LogP contribution in [0.2, 0.25) is 0 Å². The van der Waals surface area contributed by atoms with Gasteiger partial charge in [0.05, 0.1) is 36.0 Å². The summed E-state index contributed by atoms with van der Waals surface area (Å²) in [5.74, 6) is -2.09. The van der Waals surface area contributed by atoms with Crippen LogP contribution in [0.4, 0.5) is 19.3 Å². The summed E-state index contributed by atoms with van der Waals surface area (Å²) in [5.41, 5.74) is 0.961. The summed E-state index contributed by atoms with van der Waals surface area (Å²) in [5, 5.41) is 8.14. The van der Waals surface area contributed by atoms with Crippen molar-refractivity contribution >= 4 is 27.2 Å². The summed E-state index contributed by atoms with van der Waals surface area (Å²) in [6, 6.07) is 2.15. The van der Waals surface area contributed by atoms with Gasteiger partial charge in [-0.25, -0.2) is 26.7 Å². The highest BCUT2D eigenvalue weighted by molar-refractivity contribution is 7.91. The van der Waals surface area contributed by atoms with Crippen LogP contribution in [0.3, 0.4) is 0 Å². The number of anilines is 1. The lowest BCUT2D eigenvalue weighted by Gasteiger charge is -2.18. The SMILES string of the molecule is CCCCc1cn(C[C@H]2CN(c3cc(F)c(C4=CCS(=O)(=O)CC4)c(F)c3)C(=O)O2)nn1. The van der Waals surface area contributed by atoms with Gasteiger partial charge in [0.25, 0.3) is 0 Å². The molecule has 0 aliphatic carbocycles. The molecule has 2 aliphatic heterocycles. The van der Waals surface area contributed by atoms with Crippen LogP contribution < -0.4 is 4.90 Å². The lowest BCUT2D eigenvalue weighted by atomic mass is 10.0. The average Bonchev–Trinajstić information content (AvgIpc) is 3.33. The number of halogens is 2. The van der Waals surface area contributed by atoms with Crippen molar-refractivity contribution in [2.75, 3.05) is 23.0 Å². The zero-order valence-electron chi connectivity index (χ0n) is 17.6. The number of carbonyl (C=O) groups is 1. The van der Waals surface area contributed by atoms with E-state index in [9.17, 15) is 22.0 Å². The maximum atomic E-state index is 14.8. The molecule has 1 saturated heterocycles. The predicted molar refractivity (Wildman–Crippen MR) is 114 cm³/mol. The molecule has 0 saturated carbocycles. The van der Waals surface area contributed by atoms with Crippen molar-refractivity contribution in [3.8, 4) is 0 Å². The van der Waals surface area contributed by atoms with Gasteiger partial charge in [0.2, 0.25) is 0 Å². The summed E-state index contributed by atoms with van der Waals surface area (Å²) < 4.78 is 59.7. The Labute approximate surface area is 184 Å². The molecule has 32 heavy (non-hydrogen) atoms. The van der Waals surface area contributed by atoms with Crippen LogP contribution in [-0.4, -0.2) is 53.7 Å². The molecule has 4 rings (SSSR count). The highest BCUT2D eigenvalue weighted by atomic mass is 32.2. The van der Waals surface area contributed by atoms with E-state index >= 15 is 0 Å². The molecule has 2 aromatic rings. The quantitative estimate of drug-likeness (QED) is 0.622. The molecule has 0 N–H and O–H groups in total. The first-order chi connectivity index (χ1) is 15.3. The van der Waals surface area contributed by atoms with E-state index in [1.54, 1.807) is 10.9 Å². The van der Waals surface area contributed by atoms with Crippen LogP contribution in [-0.2, 0) is 27.5 Å². The van der Waals surface area contributed by atoms with Crippen molar-refractivity contribution < 1.29 is 26.7 Å². The zero-order valence-corrected chi connectivity index (χ0v) is 18.4. The molecule has 1 aromatic heterocycles. The van der Waals surface area contributed by atoms with Gasteiger partial charge in [-0.3, -0.25) is 4.90 Å². The number of unbranched alkanes of at least 4 members (excludes halogenated alkanes) is 1. The van der Waals surface area contributed by atoms with Gasteiger partial charge >= 0.3 is 6.09 Å². The van der Waals surface area contributed by atoms with Gasteiger partial charge in [-0.1, -0.05) is 24.6 Å². The average molecular weight is 467 g/mol. The van der Waals surface area contributed by atoms with E-state index in [0.717, 1.165) is 37.1 Å². The van der Waals surface area contributed by atoms with E-state index in [1.807, 2.05) is 0 Å². The number of amides is 1. The van der Waals surface area contributed by atoms with Gasteiger partial charge in [-0.05, 0) is 37.0 Å². The zero-order chi connectivity index (χ0) is 22.9. The van der Waals surface area contributed by atoms with Crippen molar-refractivity contribution in [1.82, 2.24) is 15.0 Å². The van der Waals surface area contributed by atoms with Crippen LogP contribution in [0.25, 0.3) is 5.57 Å². The molecule has 1 aromatic carbocycles. The molecular weight excluding hydrogens is 442 g/mol. The van der Waals surface area contributed by atoms with Crippen molar-refractivity contribution in [2.24, 2.45) is 0 Å². The predicted octanol–water partition coefficient (Wildman–Crippen LogP) is 3.13. The topological polar surface area (TPSA) is 94.4 Å². The lowest BCUT2D eigenvalue weighted by molar-refractivity contribution is 0.129. The highest BCUT2D eigenvalue weighted by Gasteiger charge is 2.34. The Balaban J connectivity index is 1.47. The number of allylic oxidation sites excluding steroid dienone is 1. The van der Waals surface area contributed by atoms with E-state index in [-0.39, 0.29) is 42.3 Å². The number of nitrogens with zero attached hydrogens (tertiary/aromatic N) is 4. The highest BCUT2D eigenvalue weighted by Crippen LogP contribution is 2.32. The van der Waals surface area contributed by atoms with Crippen molar-refractivity contribution in [3.63, 3.8) is 0 Å². The first-order valence-corrected chi connectivity index (χ1v) is 12.3. The van der Waals surface area contributed by atoms with Gasteiger partial charge in [0.15, 0.2) is 9.84 Å². The summed E-state index contributed by atoms with van der Waals surface area (Å²) in [6.45, 7) is 2.49. The molecule has 2 aliphatic rings. The fraction of sp³-hybridized carbons (Fsp3) is 0.476. The Morgan fingerprint density at radius 1 is 1.25 bits per heavy atom. The van der Waals surface area contributed by atoms with Gasteiger partial charge in [0.1, 0.15) is 17.7 Å². The molecule has 0 bridgehead atoms. The summed E-state index contributed by atoms with van der Waals surface area (Å²) in [7, 11) is -3.22. The van der Waals surface area contributed by atoms with Crippen LogP contribution in [0.1, 0.15) is 37.4 Å². The standard InChI is InChI=1S/C21H24F2N4O4S/c1-2-3-4-15-11-26(25-24-15)12-17-13-27(21(28)31-17)16-9-18(22)20(19(23)10-16)14-5-7-32(29,30)8-6-14/h5,9-11,17H,2-4,6-8,12-13H2,1H3/t17-/m0/s1. The number of ether oxygens (including phenoxy) is 1. The fourth-order valence-electron chi connectivity index (χ4n) is 3.86. The Morgan fingerprint density at radius 2 is 2.00 bits per heavy atom. The molecule has 3 heterocycles. The van der Waals surface area contributed by atoms with E-state index < -0.39 is 33.7 Å². The number of carbonyl (C=O) groups excluding carboxylic acids is 1. The number of cyclic esters (lactones) is 1. The molecule has 8 nitrogen and oxygen atoms in total. The Hall–Kier alpha value is -2.82. The van der Waals surface area contributed by atoms with E-state index in [0.29, 0.717) is 5.57 Å². The first-order valence-electron chi connectivity index (χ1n) is 10.5. The van der Waals surface area contributed by atoms with Gasteiger partial charge in [0, 0.05) is 11.8 Å². The van der Waals surface area contributed by atoms with E-state index in [1.165, 1.54) is 11.0 Å². The molecule has 1 amide bonds. The van der Waals surface area contributed by atoms with Crippen LogP contribution in [0, 0.1) is 11.6 Å². The second-order valence-corrected chi connectivity index (χ2v) is 10.3. The first kappa shape index (κ1) is 22.4. The molecule has 11 heteroatoms. The van der Waals surface area contributed by atoms with Gasteiger partial charge in [-0.2, -0.15) is 0 Å². The minimum Gasteiger partial charge on any atom is -0.442 e. The number of rotatable bonds is 7. The Morgan fingerprint density at radius 3 is 2.66 bits per heavy atom. The third kappa shape index (κ3) is 4.82. The number of hydrogen-bond donors (Lipinski definition) is 0. The van der Waals surface area contributed by atoms with Crippen molar-refractivity contribution in [2.45, 2.75) is 45.3 Å². The number of benzene rings is 1. The Kier molecular flexibility index (Phi) is 6.27.